The van der Waals surface area contributed by atoms with E-state index in [9.17, 15) is 0 Å². The van der Waals surface area contributed by atoms with Crippen molar-refractivity contribution in [1.82, 2.24) is 0 Å². The molecular weight excluding hydrogens is 139 g/mol. The van der Waals surface area contributed by atoms with Gasteiger partial charge in [-0.1, -0.05) is 30.3 Å². The van der Waals surface area contributed by atoms with Gasteiger partial charge in [0, 0.05) is 5.75 Å². The first-order chi connectivity index (χ1) is 3.93. The predicted molar refractivity (Wildman–Crippen MR) is 40.2 cm³/mol. The molecule has 0 amide bonds. The van der Waals surface area contributed by atoms with E-state index in [4.69, 9.17) is 0 Å². The van der Waals surface area contributed by atoms with Crippen LogP contribution in [-0.2, 0) is 5.75 Å². The number of thiol groups is 1. The van der Waals surface area contributed by atoms with Gasteiger partial charge in [-0.15, -0.1) is 0 Å². The molecule has 0 unspecified atom stereocenters. The van der Waals surface area contributed by atoms with Crippen LogP contribution in [0.2, 0.25) is 0 Å². The van der Waals surface area contributed by atoms with Gasteiger partial charge in [0.15, 0.2) is 0 Å². The average Bonchev–Trinajstić information content (AvgIpc) is 1.90. The Bertz CT molecular complexity index is 155. The molecule has 0 spiro atoms. The monoisotopic (exact) mass is 148 g/mol. The molecule has 44 valence electrons. The Kier molecular flexibility index (Phi) is 5.70. The zero-order chi connectivity index (χ0) is 5.82. The Morgan fingerprint density at radius 2 is 1.78 bits per heavy atom. The van der Waals surface area contributed by atoms with Gasteiger partial charge in [-0.3, -0.25) is 0 Å². The van der Waals surface area contributed by atoms with Gasteiger partial charge in [-0.25, -0.2) is 0 Å². The summed E-state index contributed by atoms with van der Waals surface area (Å²) in [6.45, 7) is 0. The minimum Gasteiger partial charge on any atom is -1.00 e. The van der Waals surface area contributed by atoms with Crippen molar-refractivity contribution >= 4 is 12.6 Å². The summed E-state index contributed by atoms with van der Waals surface area (Å²) in [6, 6.07) is 10.2. The Morgan fingerprint density at radius 3 is 2.11 bits per heavy atom. The maximum Gasteiger partial charge on any atom is 1.00 e. The molecule has 0 nitrogen and oxygen atoms in total. The molecule has 1 aromatic rings. The molecule has 0 N–H and O–H groups in total. The maximum absolute atomic E-state index is 4.11. The maximum atomic E-state index is 4.11. The minimum atomic E-state index is 0. The fraction of sp³-hybridized carbons (Fsp3) is 0.143. The van der Waals surface area contributed by atoms with Crippen LogP contribution in [0.1, 0.15) is 6.99 Å². The van der Waals surface area contributed by atoms with Crippen LogP contribution in [0.3, 0.4) is 0 Å². The number of rotatable bonds is 1. The first-order valence-corrected chi connectivity index (χ1v) is 3.21. The Labute approximate surface area is 84.8 Å². The third-order valence-electron chi connectivity index (χ3n) is 1.03. The topological polar surface area (TPSA) is 0 Å². The van der Waals surface area contributed by atoms with Crippen LogP contribution in [0, 0.1) is 0 Å². The number of hydrogen-bond donors (Lipinski definition) is 1. The molecule has 0 fully saturated rings. The van der Waals surface area contributed by atoms with E-state index < -0.39 is 0 Å². The summed E-state index contributed by atoms with van der Waals surface area (Å²) in [4.78, 5) is 0. The second-order valence-electron chi connectivity index (χ2n) is 1.64. The van der Waals surface area contributed by atoms with Gasteiger partial charge < -0.3 is 1.43 Å². The number of hydrogen-bond acceptors (Lipinski definition) is 1. The molecule has 0 heterocycles. The van der Waals surface area contributed by atoms with Crippen LogP contribution in [0.25, 0.3) is 0 Å². The van der Waals surface area contributed by atoms with E-state index in [0.29, 0.717) is 0 Å². The van der Waals surface area contributed by atoms with E-state index in [1.54, 1.807) is 0 Å². The Morgan fingerprint density at radius 1 is 1.22 bits per heavy atom. The van der Waals surface area contributed by atoms with Gasteiger partial charge in [0.1, 0.15) is 0 Å². The van der Waals surface area contributed by atoms with Crippen LogP contribution in [0.15, 0.2) is 30.3 Å². The van der Waals surface area contributed by atoms with Crippen molar-refractivity contribution in [3.8, 4) is 0 Å². The second-order valence-corrected chi connectivity index (χ2v) is 1.96. The van der Waals surface area contributed by atoms with Crippen LogP contribution in [0.5, 0.6) is 0 Å². The molecular formula is C7H9NaS. The normalized spacial score (nSPS) is 8.11. The standard InChI is InChI=1S/C7H8S.Na.H/c8-6-7-4-2-1-3-5-7;;/h1-5,8H,6H2;;/q;+1;-1. The number of benzene rings is 1. The fourth-order valence-electron chi connectivity index (χ4n) is 0.583. The van der Waals surface area contributed by atoms with E-state index in [-0.39, 0.29) is 31.0 Å². The van der Waals surface area contributed by atoms with E-state index in [2.05, 4.69) is 24.8 Å². The third-order valence-corrected chi connectivity index (χ3v) is 1.39. The average molecular weight is 148 g/mol. The molecule has 0 aliphatic rings. The van der Waals surface area contributed by atoms with Crippen molar-refractivity contribution < 1.29 is 31.0 Å². The summed E-state index contributed by atoms with van der Waals surface area (Å²) >= 11 is 4.11. The van der Waals surface area contributed by atoms with Gasteiger partial charge in [0.25, 0.3) is 0 Å². The minimum absolute atomic E-state index is 0. The van der Waals surface area contributed by atoms with E-state index in [1.807, 2.05) is 18.2 Å². The van der Waals surface area contributed by atoms with Crippen LogP contribution < -0.4 is 29.6 Å². The van der Waals surface area contributed by atoms with Crippen molar-refractivity contribution in [2.75, 3.05) is 0 Å². The predicted octanol–water partition coefficient (Wildman–Crippen LogP) is -0.767. The largest absolute Gasteiger partial charge is 1.00 e. The quantitative estimate of drug-likeness (QED) is 0.392. The molecule has 0 bridgehead atoms. The van der Waals surface area contributed by atoms with Gasteiger partial charge in [0.05, 0.1) is 0 Å². The summed E-state index contributed by atoms with van der Waals surface area (Å²) in [5.74, 6) is 0.834. The third kappa shape index (κ3) is 3.31. The van der Waals surface area contributed by atoms with Crippen molar-refractivity contribution in [3.05, 3.63) is 35.9 Å². The molecule has 0 saturated heterocycles. The van der Waals surface area contributed by atoms with Crippen molar-refractivity contribution in [3.63, 3.8) is 0 Å². The van der Waals surface area contributed by atoms with Gasteiger partial charge in [-0.05, 0) is 5.56 Å². The van der Waals surface area contributed by atoms with E-state index >= 15 is 0 Å². The summed E-state index contributed by atoms with van der Waals surface area (Å²) in [5.41, 5.74) is 1.27. The molecule has 2 heteroatoms. The second kappa shape index (κ2) is 5.36. The zero-order valence-electron chi connectivity index (χ0n) is 6.54. The fourth-order valence-corrected chi connectivity index (χ4v) is 0.794. The molecule has 0 saturated carbocycles. The van der Waals surface area contributed by atoms with Crippen LogP contribution in [-0.4, -0.2) is 0 Å². The van der Waals surface area contributed by atoms with Gasteiger partial charge >= 0.3 is 29.6 Å². The van der Waals surface area contributed by atoms with Crippen LogP contribution >= 0.6 is 12.6 Å². The molecule has 0 atom stereocenters. The molecule has 9 heavy (non-hydrogen) atoms. The molecule has 0 aromatic heterocycles. The zero-order valence-corrected chi connectivity index (χ0v) is 8.44. The summed E-state index contributed by atoms with van der Waals surface area (Å²) in [6.07, 6.45) is 0. The van der Waals surface area contributed by atoms with E-state index in [1.165, 1.54) is 5.56 Å². The van der Waals surface area contributed by atoms with Gasteiger partial charge in [-0.2, -0.15) is 12.6 Å². The van der Waals surface area contributed by atoms with Crippen molar-refractivity contribution in [1.29, 1.82) is 0 Å². The Hall–Kier alpha value is 0.570. The van der Waals surface area contributed by atoms with Crippen molar-refractivity contribution in [2.45, 2.75) is 5.75 Å². The molecule has 0 aliphatic heterocycles. The first-order valence-electron chi connectivity index (χ1n) is 2.58. The molecule has 0 radical (unpaired) electrons. The van der Waals surface area contributed by atoms with E-state index in [0.717, 1.165) is 5.75 Å². The smallest absolute Gasteiger partial charge is 1.00 e. The summed E-state index contributed by atoms with van der Waals surface area (Å²) in [5, 5.41) is 0. The summed E-state index contributed by atoms with van der Waals surface area (Å²) < 4.78 is 0. The molecule has 1 aromatic carbocycles. The summed E-state index contributed by atoms with van der Waals surface area (Å²) in [7, 11) is 0. The molecule has 0 aliphatic carbocycles. The Balaban J connectivity index is 0. The SMILES string of the molecule is SCc1ccccc1.[H-].[Na+]. The first kappa shape index (κ1) is 9.57. The van der Waals surface area contributed by atoms with Gasteiger partial charge in [0.2, 0.25) is 0 Å². The molecule has 1 rings (SSSR count). The van der Waals surface area contributed by atoms with Crippen molar-refractivity contribution in [2.24, 2.45) is 0 Å². The van der Waals surface area contributed by atoms with Crippen LogP contribution in [0.4, 0.5) is 0 Å².